The van der Waals surface area contributed by atoms with E-state index in [0.29, 0.717) is 0 Å². The standard InChI is InChI=1S/C40H48N4S2/c1-41(2)37-15-11-31(12-16-37)27-33-7-5-9-35-29-43(21-19-39(33)35)23-25-45-46-26-24-44-22-20-40-34(8-6-10-36(40)30-44)28-32-13-17-38(18-14-32)42(3)4/h11-22,27-30H,5-10,23-26H2,1-4H3/q+2. The van der Waals surface area contributed by atoms with Gasteiger partial charge in [-0.1, -0.05) is 58.0 Å². The molecule has 0 radical (unpaired) electrons. The average molecular weight is 649 g/mol. The number of hydrogen-bond donors (Lipinski definition) is 0. The maximum Gasteiger partial charge on any atom is 0.172 e. The Kier molecular flexibility index (Phi) is 10.9. The summed E-state index contributed by atoms with van der Waals surface area (Å²) < 4.78 is 4.78. The van der Waals surface area contributed by atoms with E-state index in [1.165, 1.54) is 81.6 Å². The van der Waals surface area contributed by atoms with Gasteiger partial charge in [-0.05, 0) is 96.2 Å². The van der Waals surface area contributed by atoms with Gasteiger partial charge >= 0.3 is 0 Å². The minimum atomic E-state index is 1.05. The summed E-state index contributed by atoms with van der Waals surface area (Å²) >= 11 is 0. The fourth-order valence-electron chi connectivity index (χ4n) is 6.53. The Hall–Kier alpha value is -3.48. The lowest BCUT2D eigenvalue weighted by Crippen LogP contribution is -2.36. The summed E-state index contributed by atoms with van der Waals surface area (Å²) in [6, 6.07) is 22.5. The monoisotopic (exact) mass is 648 g/mol. The second-order valence-electron chi connectivity index (χ2n) is 12.9. The number of anilines is 2. The van der Waals surface area contributed by atoms with Crippen molar-refractivity contribution in [2.75, 3.05) is 49.5 Å². The summed E-state index contributed by atoms with van der Waals surface area (Å²) in [5.74, 6) is 2.24. The molecule has 6 heteroatoms. The van der Waals surface area contributed by atoms with Crippen molar-refractivity contribution in [2.45, 2.75) is 51.6 Å². The minimum absolute atomic E-state index is 1.05. The molecule has 2 aliphatic carbocycles. The van der Waals surface area contributed by atoms with E-state index in [1.54, 1.807) is 0 Å². The van der Waals surface area contributed by atoms with Crippen LogP contribution in [0.5, 0.6) is 0 Å². The van der Waals surface area contributed by atoms with Crippen molar-refractivity contribution in [2.24, 2.45) is 0 Å². The van der Waals surface area contributed by atoms with E-state index in [9.17, 15) is 0 Å². The second kappa shape index (κ2) is 15.4. The first-order valence-corrected chi connectivity index (χ1v) is 19.2. The van der Waals surface area contributed by atoms with E-state index in [0.717, 1.165) is 37.4 Å². The lowest BCUT2D eigenvalue weighted by atomic mass is 9.87. The second-order valence-corrected chi connectivity index (χ2v) is 15.6. The molecule has 0 aliphatic heterocycles. The van der Waals surface area contributed by atoms with Gasteiger partial charge in [0.1, 0.15) is 0 Å². The van der Waals surface area contributed by atoms with Crippen molar-refractivity contribution < 1.29 is 9.13 Å². The quantitative estimate of drug-likeness (QED) is 0.0924. The maximum absolute atomic E-state index is 2.40. The van der Waals surface area contributed by atoms with E-state index in [-0.39, 0.29) is 0 Å². The van der Waals surface area contributed by atoms with Gasteiger partial charge in [0, 0.05) is 62.8 Å². The van der Waals surface area contributed by atoms with Gasteiger partial charge in [0.2, 0.25) is 0 Å². The third kappa shape index (κ3) is 8.26. The Morgan fingerprint density at radius 2 is 0.978 bits per heavy atom. The van der Waals surface area contributed by atoms with Gasteiger partial charge in [0.25, 0.3) is 0 Å². The van der Waals surface area contributed by atoms with Crippen molar-refractivity contribution in [1.29, 1.82) is 0 Å². The molecule has 0 N–H and O–H groups in total. The average Bonchev–Trinajstić information content (AvgIpc) is 3.07. The Morgan fingerprint density at radius 1 is 0.565 bits per heavy atom. The molecular formula is C40H48N4S2+2. The lowest BCUT2D eigenvalue weighted by Gasteiger charge is -2.18. The van der Waals surface area contributed by atoms with Crippen molar-refractivity contribution in [3.05, 3.63) is 119 Å². The SMILES string of the molecule is CN(C)c1ccc(C=C2CCCc3c[n+](CCSSCC[n+]4ccc5c(c4)CCCC5=Cc4ccc(N(C)C)cc4)ccc32)cc1. The highest BCUT2D eigenvalue weighted by molar-refractivity contribution is 8.76. The van der Waals surface area contributed by atoms with Gasteiger partial charge in [-0.3, -0.25) is 0 Å². The third-order valence-corrected chi connectivity index (χ3v) is 11.5. The molecule has 6 rings (SSSR count). The van der Waals surface area contributed by atoms with Crippen molar-refractivity contribution in [1.82, 2.24) is 0 Å². The summed E-state index contributed by atoms with van der Waals surface area (Å²) in [6.45, 7) is 2.10. The molecule has 0 saturated carbocycles. The van der Waals surface area contributed by atoms with Crippen LogP contribution in [0.1, 0.15) is 59.1 Å². The van der Waals surface area contributed by atoms with Crippen LogP contribution in [0.3, 0.4) is 0 Å². The summed E-state index contributed by atoms with van der Waals surface area (Å²) in [6.07, 6.45) is 21.2. The predicted octanol–water partition coefficient (Wildman–Crippen LogP) is 8.23. The fourth-order valence-corrected chi connectivity index (χ4v) is 8.49. The number of hydrogen-bond acceptors (Lipinski definition) is 4. The Labute approximate surface area is 284 Å². The highest BCUT2D eigenvalue weighted by Gasteiger charge is 2.19. The van der Waals surface area contributed by atoms with E-state index >= 15 is 0 Å². The molecule has 0 bridgehead atoms. The first kappa shape index (κ1) is 32.5. The van der Waals surface area contributed by atoms with E-state index in [2.05, 4.69) is 145 Å². The number of allylic oxidation sites excluding steroid dienone is 2. The summed E-state index contributed by atoms with van der Waals surface area (Å²) in [7, 11) is 12.4. The molecule has 2 aromatic carbocycles. The summed E-state index contributed by atoms with van der Waals surface area (Å²) in [5, 5.41) is 0. The van der Waals surface area contributed by atoms with Crippen LogP contribution >= 0.6 is 21.6 Å². The molecular weight excluding hydrogens is 601 g/mol. The number of aromatic nitrogens is 2. The smallest absolute Gasteiger partial charge is 0.172 e. The van der Waals surface area contributed by atoms with Crippen LogP contribution in [0.2, 0.25) is 0 Å². The number of aryl methyl sites for hydroxylation is 4. The van der Waals surface area contributed by atoms with Crippen molar-refractivity contribution >= 4 is 56.3 Å². The van der Waals surface area contributed by atoms with Gasteiger partial charge in [-0.15, -0.1) is 0 Å². The van der Waals surface area contributed by atoms with E-state index in [4.69, 9.17) is 0 Å². The normalized spacial score (nSPS) is 15.9. The van der Waals surface area contributed by atoms with Crippen LogP contribution in [0.15, 0.2) is 85.5 Å². The molecule has 0 saturated heterocycles. The topological polar surface area (TPSA) is 14.2 Å². The maximum atomic E-state index is 2.40. The van der Waals surface area contributed by atoms with Gasteiger partial charge < -0.3 is 9.80 Å². The number of nitrogens with zero attached hydrogens (tertiary/aromatic N) is 4. The Morgan fingerprint density at radius 3 is 1.37 bits per heavy atom. The molecule has 2 aliphatic rings. The van der Waals surface area contributed by atoms with Crippen LogP contribution in [-0.4, -0.2) is 39.7 Å². The molecule has 0 spiro atoms. The minimum Gasteiger partial charge on any atom is -0.378 e. The number of fused-ring (bicyclic) bond motifs is 2. The number of rotatable bonds is 11. The highest BCUT2D eigenvalue weighted by atomic mass is 33.1. The van der Waals surface area contributed by atoms with Crippen LogP contribution in [0.25, 0.3) is 23.3 Å². The molecule has 0 unspecified atom stereocenters. The zero-order valence-electron chi connectivity index (χ0n) is 27.9. The summed E-state index contributed by atoms with van der Waals surface area (Å²) in [5.41, 5.74) is 13.9. The van der Waals surface area contributed by atoms with Crippen LogP contribution in [-0.2, 0) is 25.9 Å². The van der Waals surface area contributed by atoms with Crippen molar-refractivity contribution in [3.63, 3.8) is 0 Å². The number of benzene rings is 2. The molecule has 0 amide bonds. The van der Waals surface area contributed by atoms with E-state index < -0.39 is 0 Å². The molecule has 46 heavy (non-hydrogen) atoms. The lowest BCUT2D eigenvalue weighted by molar-refractivity contribution is -0.693. The fraction of sp³-hybridized carbons (Fsp3) is 0.350. The zero-order chi connectivity index (χ0) is 31.9. The molecule has 2 aromatic heterocycles. The summed E-state index contributed by atoms with van der Waals surface area (Å²) in [4.78, 5) is 4.30. The van der Waals surface area contributed by atoms with Crippen LogP contribution < -0.4 is 18.9 Å². The highest BCUT2D eigenvalue weighted by Crippen LogP contribution is 2.33. The molecule has 2 heterocycles. The Balaban J connectivity index is 0.976. The van der Waals surface area contributed by atoms with Crippen LogP contribution in [0, 0.1) is 0 Å². The molecule has 0 fully saturated rings. The number of pyridine rings is 2. The van der Waals surface area contributed by atoms with Gasteiger partial charge in [0.05, 0.1) is 11.5 Å². The molecule has 0 atom stereocenters. The third-order valence-electron chi connectivity index (χ3n) is 9.13. The van der Waals surface area contributed by atoms with Gasteiger partial charge in [-0.2, -0.15) is 0 Å². The zero-order valence-corrected chi connectivity index (χ0v) is 29.5. The van der Waals surface area contributed by atoms with Gasteiger partial charge in [-0.25, -0.2) is 9.13 Å². The van der Waals surface area contributed by atoms with Crippen molar-refractivity contribution in [3.8, 4) is 0 Å². The largest absolute Gasteiger partial charge is 0.378 e. The predicted molar refractivity (Wildman–Crippen MR) is 201 cm³/mol. The molecule has 4 aromatic rings. The van der Waals surface area contributed by atoms with Gasteiger partial charge in [0.15, 0.2) is 37.9 Å². The van der Waals surface area contributed by atoms with E-state index in [1.807, 2.05) is 21.6 Å². The first-order valence-electron chi connectivity index (χ1n) is 16.7. The van der Waals surface area contributed by atoms with Crippen LogP contribution in [0.4, 0.5) is 11.4 Å². The Bertz CT molecular complexity index is 1560. The molecule has 4 nitrogen and oxygen atoms in total. The first-order chi connectivity index (χ1) is 22.4. The molecule has 238 valence electrons.